The molecule has 0 bridgehead atoms. The molecule has 0 amide bonds. The average molecular weight is 462 g/mol. The molecule has 3 aromatic carbocycles. The van der Waals surface area contributed by atoms with E-state index in [1.54, 1.807) is 11.1 Å². The van der Waals surface area contributed by atoms with Gasteiger partial charge in [-0.05, 0) is 85.4 Å². The van der Waals surface area contributed by atoms with Crippen molar-refractivity contribution in [2.75, 3.05) is 9.91 Å². The molecule has 3 heteroatoms. The summed E-state index contributed by atoms with van der Waals surface area (Å²) in [6.45, 7) is 4.73. The number of fused-ring (bicyclic) bond motifs is 4. The summed E-state index contributed by atoms with van der Waals surface area (Å²) in [5, 5.41) is 7.74. The third-order valence-corrected chi connectivity index (χ3v) is 9.15. The van der Waals surface area contributed by atoms with Crippen LogP contribution in [0.15, 0.2) is 65.8 Å². The van der Waals surface area contributed by atoms with Crippen LogP contribution in [0.1, 0.15) is 81.0 Å². The van der Waals surface area contributed by atoms with Gasteiger partial charge in [-0.25, -0.2) is 5.01 Å². The first-order valence-electron chi connectivity index (χ1n) is 13.8. The zero-order chi connectivity index (χ0) is 23.6. The van der Waals surface area contributed by atoms with Gasteiger partial charge in [0.25, 0.3) is 0 Å². The van der Waals surface area contributed by atoms with Crippen molar-refractivity contribution in [1.29, 1.82) is 0 Å². The van der Waals surface area contributed by atoms with Crippen molar-refractivity contribution in [3.8, 4) is 11.1 Å². The smallest absolute Gasteiger partial charge is 0.163 e. The highest BCUT2D eigenvalue weighted by atomic mass is 15.6. The van der Waals surface area contributed by atoms with E-state index in [4.69, 9.17) is 5.10 Å². The van der Waals surface area contributed by atoms with E-state index in [1.807, 2.05) is 0 Å². The summed E-state index contributed by atoms with van der Waals surface area (Å²) >= 11 is 0. The minimum Gasteiger partial charge on any atom is -0.301 e. The molecular weight excluding hydrogens is 426 g/mol. The summed E-state index contributed by atoms with van der Waals surface area (Å²) in [4.78, 5) is 2.61. The summed E-state index contributed by atoms with van der Waals surface area (Å²) in [5.41, 5.74) is 11.6. The van der Waals surface area contributed by atoms with Crippen LogP contribution in [0.3, 0.4) is 0 Å². The molecule has 3 nitrogen and oxygen atoms in total. The van der Waals surface area contributed by atoms with Crippen LogP contribution in [-0.4, -0.2) is 12.0 Å². The zero-order valence-electron chi connectivity index (χ0n) is 21.1. The fourth-order valence-corrected chi connectivity index (χ4v) is 7.26. The van der Waals surface area contributed by atoms with Crippen LogP contribution in [0.2, 0.25) is 0 Å². The highest BCUT2D eigenvalue weighted by Gasteiger charge is 2.51. The number of rotatable bonds is 5. The molecule has 7 rings (SSSR count). The summed E-state index contributed by atoms with van der Waals surface area (Å²) < 4.78 is 0. The van der Waals surface area contributed by atoms with Gasteiger partial charge in [0.05, 0.1) is 11.4 Å². The van der Waals surface area contributed by atoms with Gasteiger partial charge in [0, 0.05) is 16.5 Å². The van der Waals surface area contributed by atoms with Crippen LogP contribution in [0, 0.1) is 0 Å². The van der Waals surface area contributed by atoms with E-state index in [1.165, 1.54) is 85.0 Å². The second kappa shape index (κ2) is 7.98. The number of nitrogens with zero attached hydrogens (tertiary/aromatic N) is 3. The summed E-state index contributed by atoms with van der Waals surface area (Å²) in [6, 6.07) is 23.0. The fourth-order valence-electron chi connectivity index (χ4n) is 7.26. The van der Waals surface area contributed by atoms with Gasteiger partial charge in [0.15, 0.2) is 5.84 Å². The first-order chi connectivity index (χ1) is 17.2. The molecule has 1 aliphatic carbocycles. The largest absolute Gasteiger partial charge is 0.301 e. The lowest BCUT2D eigenvalue weighted by Gasteiger charge is -2.49. The van der Waals surface area contributed by atoms with Gasteiger partial charge in [-0.15, -0.1) is 0 Å². The number of benzene rings is 3. The van der Waals surface area contributed by atoms with Gasteiger partial charge in [-0.3, -0.25) is 0 Å². The molecule has 3 heterocycles. The minimum atomic E-state index is 0.187. The Morgan fingerprint density at radius 1 is 0.886 bits per heavy atom. The summed E-state index contributed by atoms with van der Waals surface area (Å²) in [5.74, 6) is 1.15. The molecule has 0 N–H and O–H groups in total. The van der Waals surface area contributed by atoms with Crippen molar-refractivity contribution in [1.82, 2.24) is 0 Å². The van der Waals surface area contributed by atoms with Gasteiger partial charge in [0.2, 0.25) is 0 Å². The number of aryl methyl sites for hydroxylation is 2. The standard InChI is InChI=1S/C32H35N3/c1-3-5-18-32(4-2)21-29-34-30-25(16-11-17-28(30)32)26-19-22-12-9-10-13-23(22)20-27(26)31(34)33-35(29)24-14-7-6-8-15-24/h6-8,11,14-17,19-20,29H,3-5,9-10,12-13,18,21H2,1-2H3. The Labute approximate surface area is 209 Å². The van der Waals surface area contributed by atoms with E-state index < -0.39 is 0 Å². The SMILES string of the molecule is CCCCC1(CC)CC2N(c3ccccc3)N=C3c4cc5c(cc4-c4cccc1c4N32)CCCC5. The first-order valence-corrected chi connectivity index (χ1v) is 13.8. The Hall–Kier alpha value is -3.07. The predicted molar refractivity (Wildman–Crippen MR) is 146 cm³/mol. The van der Waals surface area contributed by atoms with Crippen LogP contribution in [-0.2, 0) is 18.3 Å². The lowest BCUT2D eigenvalue weighted by molar-refractivity contribution is 0.300. The Balaban J connectivity index is 1.51. The molecule has 0 fully saturated rings. The van der Waals surface area contributed by atoms with Gasteiger partial charge >= 0.3 is 0 Å². The number of hydrazone groups is 1. The third kappa shape index (κ3) is 3.00. The second-order valence-electron chi connectivity index (χ2n) is 11.0. The molecule has 0 saturated carbocycles. The maximum Gasteiger partial charge on any atom is 0.163 e. The maximum atomic E-state index is 5.41. The molecule has 3 aromatic rings. The number of anilines is 2. The molecule has 4 aliphatic rings. The molecule has 2 unspecified atom stereocenters. The number of para-hydroxylation sites is 2. The Morgan fingerprint density at radius 2 is 1.66 bits per heavy atom. The number of unbranched alkanes of at least 4 members (excludes halogenated alkanes) is 1. The molecule has 178 valence electrons. The molecule has 0 spiro atoms. The first kappa shape index (κ1) is 21.2. The van der Waals surface area contributed by atoms with Crippen LogP contribution < -0.4 is 9.91 Å². The van der Waals surface area contributed by atoms with Gasteiger partial charge in [-0.2, -0.15) is 5.10 Å². The number of amidine groups is 1. The van der Waals surface area contributed by atoms with Crippen molar-refractivity contribution in [2.24, 2.45) is 5.10 Å². The highest BCUT2D eigenvalue weighted by Crippen LogP contribution is 2.56. The van der Waals surface area contributed by atoms with Crippen molar-refractivity contribution in [2.45, 2.75) is 83.2 Å². The van der Waals surface area contributed by atoms with E-state index in [2.05, 4.69) is 84.4 Å². The second-order valence-corrected chi connectivity index (χ2v) is 11.0. The Kier molecular flexibility index (Phi) is 4.84. The summed E-state index contributed by atoms with van der Waals surface area (Å²) in [7, 11) is 0. The Morgan fingerprint density at radius 3 is 2.40 bits per heavy atom. The number of hydrogen-bond donors (Lipinski definition) is 0. The van der Waals surface area contributed by atoms with Crippen LogP contribution in [0.5, 0.6) is 0 Å². The quantitative estimate of drug-likeness (QED) is 0.386. The zero-order valence-corrected chi connectivity index (χ0v) is 21.1. The molecule has 0 radical (unpaired) electrons. The monoisotopic (exact) mass is 461 g/mol. The lowest BCUT2D eigenvalue weighted by atomic mass is 9.66. The van der Waals surface area contributed by atoms with Crippen molar-refractivity contribution in [3.05, 3.63) is 82.9 Å². The van der Waals surface area contributed by atoms with E-state index in [0.29, 0.717) is 0 Å². The highest BCUT2D eigenvalue weighted by molar-refractivity contribution is 6.22. The molecule has 0 saturated heterocycles. The molecule has 35 heavy (non-hydrogen) atoms. The fraction of sp³-hybridized carbons (Fsp3) is 0.406. The Bertz CT molecular complexity index is 1320. The molecular formula is C32H35N3. The van der Waals surface area contributed by atoms with E-state index >= 15 is 0 Å². The van der Waals surface area contributed by atoms with Crippen molar-refractivity contribution >= 4 is 17.2 Å². The van der Waals surface area contributed by atoms with Crippen LogP contribution in [0.25, 0.3) is 11.1 Å². The normalized spacial score (nSPS) is 23.5. The third-order valence-electron chi connectivity index (χ3n) is 9.15. The van der Waals surface area contributed by atoms with Gasteiger partial charge < -0.3 is 4.90 Å². The average Bonchev–Trinajstić information content (AvgIpc) is 3.30. The van der Waals surface area contributed by atoms with E-state index in [0.717, 1.165) is 12.3 Å². The van der Waals surface area contributed by atoms with E-state index in [9.17, 15) is 0 Å². The van der Waals surface area contributed by atoms with Crippen LogP contribution >= 0.6 is 0 Å². The molecule has 0 aromatic heterocycles. The maximum absolute atomic E-state index is 5.41. The van der Waals surface area contributed by atoms with Crippen molar-refractivity contribution in [3.63, 3.8) is 0 Å². The van der Waals surface area contributed by atoms with E-state index in [-0.39, 0.29) is 11.6 Å². The van der Waals surface area contributed by atoms with Crippen LogP contribution in [0.4, 0.5) is 11.4 Å². The van der Waals surface area contributed by atoms with Crippen molar-refractivity contribution < 1.29 is 0 Å². The topological polar surface area (TPSA) is 18.8 Å². The minimum absolute atomic E-state index is 0.187. The summed E-state index contributed by atoms with van der Waals surface area (Å²) in [6.07, 6.45) is 11.3. The number of hydrogen-bond acceptors (Lipinski definition) is 3. The predicted octanol–water partition coefficient (Wildman–Crippen LogP) is 7.80. The lowest BCUT2D eigenvalue weighted by Crippen LogP contribution is -2.53. The molecule has 3 aliphatic heterocycles. The van der Waals surface area contributed by atoms with Gasteiger partial charge in [0.1, 0.15) is 6.17 Å². The molecule has 2 atom stereocenters. The van der Waals surface area contributed by atoms with Gasteiger partial charge in [-0.1, -0.05) is 69.2 Å².